The van der Waals surface area contributed by atoms with Crippen LogP contribution in [-0.2, 0) is 9.53 Å². The third kappa shape index (κ3) is 4.66. The third-order valence-corrected chi connectivity index (χ3v) is 4.05. The van der Waals surface area contributed by atoms with E-state index in [1.807, 2.05) is 6.92 Å². The lowest BCUT2D eigenvalue weighted by Gasteiger charge is -2.34. The summed E-state index contributed by atoms with van der Waals surface area (Å²) in [6.07, 6.45) is -0.296. The molecule has 7 heteroatoms. The lowest BCUT2D eigenvalue weighted by atomic mass is 10.2. The summed E-state index contributed by atoms with van der Waals surface area (Å²) < 4.78 is 17.9. The molecule has 1 heterocycles. The number of nitrogens with one attached hydrogen (secondary N) is 2. The van der Waals surface area contributed by atoms with Crippen LogP contribution in [0.1, 0.15) is 13.8 Å². The maximum absolute atomic E-state index is 12.9. The topological polar surface area (TPSA) is 63.1 Å². The fourth-order valence-corrected chi connectivity index (χ4v) is 2.59. The molecule has 1 aliphatic rings. The first-order valence-corrected chi connectivity index (χ1v) is 7.84. The van der Waals surface area contributed by atoms with E-state index < -0.39 is 0 Å². The summed E-state index contributed by atoms with van der Waals surface area (Å²) in [5, 5.41) is 2.79. The van der Waals surface area contributed by atoms with Crippen molar-refractivity contribution in [2.75, 3.05) is 38.1 Å². The van der Waals surface area contributed by atoms with Crippen molar-refractivity contribution >= 4 is 17.7 Å². The summed E-state index contributed by atoms with van der Waals surface area (Å²) in [6, 6.07) is 5.45. The van der Waals surface area contributed by atoms with Crippen molar-refractivity contribution in [1.29, 1.82) is 0 Å². The molecule has 126 valence electrons. The first-order chi connectivity index (χ1) is 11.0. The normalized spacial score (nSPS) is 16.7. The highest BCUT2D eigenvalue weighted by Crippen LogP contribution is 2.08. The molecule has 1 atom stereocenters. The minimum absolute atomic E-state index is 0.115. The van der Waals surface area contributed by atoms with Crippen molar-refractivity contribution in [3.05, 3.63) is 30.1 Å². The van der Waals surface area contributed by atoms with E-state index in [1.165, 1.54) is 24.3 Å². The number of piperazine rings is 1. The highest BCUT2D eigenvalue weighted by atomic mass is 19.1. The molecular formula is C16H23FN3O3+. The Balaban J connectivity index is 1.84. The Morgan fingerprint density at radius 1 is 1.30 bits per heavy atom. The zero-order chi connectivity index (χ0) is 16.8. The minimum atomic E-state index is -0.336. The fourth-order valence-electron chi connectivity index (χ4n) is 2.59. The van der Waals surface area contributed by atoms with Crippen LogP contribution in [0.2, 0.25) is 0 Å². The number of rotatable bonds is 4. The summed E-state index contributed by atoms with van der Waals surface area (Å²) in [6.45, 7) is 6.52. The molecule has 2 rings (SSSR count). The number of carbonyl (C=O) groups is 2. The van der Waals surface area contributed by atoms with E-state index in [4.69, 9.17) is 4.74 Å². The molecule has 0 radical (unpaired) electrons. The molecule has 2 N–H and O–H groups in total. The van der Waals surface area contributed by atoms with Gasteiger partial charge >= 0.3 is 6.09 Å². The molecule has 1 aliphatic heterocycles. The highest BCUT2D eigenvalue weighted by molar-refractivity contribution is 5.93. The van der Waals surface area contributed by atoms with Gasteiger partial charge in [-0.2, -0.15) is 0 Å². The van der Waals surface area contributed by atoms with Crippen LogP contribution in [0.4, 0.5) is 14.9 Å². The van der Waals surface area contributed by atoms with Gasteiger partial charge in [-0.1, -0.05) is 0 Å². The standard InChI is InChI=1S/C16H22FN3O3/c1-3-23-16(22)20-10-8-19(9-11-20)12(2)15(21)18-14-6-4-13(17)5-7-14/h4-7,12H,3,8-11H2,1-2H3,(H,18,21)/p+1/t12-/m0/s1. The molecule has 1 fully saturated rings. The molecule has 1 saturated heterocycles. The number of anilines is 1. The van der Waals surface area contributed by atoms with E-state index in [0.29, 0.717) is 38.5 Å². The van der Waals surface area contributed by atoms with Crippen LogP contribution < -0.4 is 10.2 Å². The van der Waals surface area contributed by atoms with Crippen molar-refractivity contribution in [1.82, 2.24) is 4.90 Å². The van der Waals surface area contributed by atoms with Crippen molar-refractivity contribution in [3.63, 3.8) is 0 Å². The number of hydrogen-bond donors (Lipinski definition) is 2. The molecule has 23 heavy (non-hydrogen) atoms. The number of benzene rings is 1. The van der Waals surface area contributed by atoms with Gasteiger partial charge in [-0.05, 0) is 38.1 Å². The Kier molecular flexibility index (Phi) is 5.92. The van der Waals surface area contributed by atoms with Crippen LogP contribution in [0.3, 0.4) is 0 Å². The average molecular weight is 324 g/mol. The van der Waals surface area contributed by atoms with E-state index >= 15 is 0 Å². The van der Waals surface area contributed by atoms with Crippen molar-refractivity contribution < 1.29 is 23.6 Å². The van der Waals surface area contributed by atoms with Gasteiger partial charge in [0, 0.05) is 5.69 Å². The Labute approximate surface area is 135 Å². The SMILES string of the molecule is CCOC(=O)N1CC[NH+]([C@@H](C)C(=O)Nc2ccc(F)cc2)CC1. The molecule has 2 amide bonds. The zero-order valence-electron chi connectivity index (χ0n) is 13.5. The monoisotopic (exact) mass is 324 g/mol. The lowest BCUT2D eigenvalue weighted by molar-refractivity contribution is -0.917. The van der Waals surface area contributed by atoms with Crippen molar-refractivity contribution in [2.24, 2.45) is 0 Å². The molecule has 0 aromatic heterocycles. The molecule has 0 spiro atoms. The van der Waals surface area contributed by atoms with Gasteiger partial charge < -0.3 is 15.0 Å². The van der Waals surface area contributed by atoms with E-state index in [9.17, 15) is 14.0 Å². The quantitative estimate of drug-likeness (QED) is 0.848. The molecular weight excluding hydrogens is 301 g/mol. The van der Waals surface area contributed by atoms with Gasteiger partial charge in [0.1, 0.15) is 5.82 Å². The van der Waals surface area contributed by atoms with Gasteiger partial charge in [-0.25, -0.2) is 9.18 Å². The van der Waals surface area contributed by atoms with Gasteiger partial charge in [0.2, 0.25) is 0 Å². The summed E-state index contributed by atoms with van der Waals surface area (Å²) in [5.74, 6) is -0.451. The van der Waals surface area contributed by atoms with Crippen LogP contribution in [0.15, 0.2) is 24.3 Å². The highest BCUT2D eigenvalue weighted by Gasteiger charge is 2.31. The number of nitrogens with zero attached hydrogens (tertiary/aromatic N) is 1. The van der Waals surface area contributed by atoms with Crippen molar-refractivity contribution in [3.8, 4) is 0 Å². The van der Waals surface area contributed by atoms with Crippen LogP contribution in [0, 0.1) is 5.82 Å². The molecule has 0 bridgehead atoms. The predicted molar refractivity (Wildman–Crippen MR) is 83.8 cm³/mol. The molecule has 0 unspecified atom stereocenters. The number of amides is 2. The average Bonchev–Trinajstić information content (AvgIpc) is 2.56. The number of halogens is 1. The Hall–Kier alpha value is -2.15. The number of ether oxygens (including phenoxy) is 1. The van der Waals surface area contributed by atoms with Crippen LogP contribution >= 0.6 is 0 Å². The maximum Gasteiger partial charge on any atom is 0.410 e. The Bertz CT molecular complexity index is 542. The van der Waals surface area contributed by atoms with E-state index in [-0.39, 0.29) is 23.9 Å². The second-order valence-corrected chi connectivity index (χ2v) is 5.56. The number of quaternary nitrogens is 1. The lowest BCUT2D eigenvalue weighted by Crippen LogP contribution is -3.19. The van der Waals surface area contributed by atoms with Crippen LogP contribution in [-0.4, -0.2) is 55.7 Å². The smallest absolute Gasteiger partial charge is 0.410 e. The predicted octanol–water partition coefficient (Wildman–Crippen LogP) is 0.510. The second-order valence-electron chi connectivity index (χ2n) is 5.56. The molecule has 0 aliphatic carbocycles. The van der Waals surface area contributed by atoms with Gasteiger partial charge in [0.05, 0.1) is 32.8 Å². The second kappa shape index (κ2) is 7.92. The third-order valence-electron chi connectivity index (χ3n) is 4.05. The number of carbonyl (C=O) groups excluding carboxylic acids is 2. The summed E-state index contributed by atoms with van der Waals surface area (Å²) in [7, 11) is 0. The van der Waals surface area contributed by atoms with Gasteiger partial charge in [-0.3, -0.25) is 9.69 Å². The summed E-state index contributed by atoms with van der Waals surface area (Å²) in [4.78, 5) is 26.7. The molecule has 1 aromatic rings. The van der Waals surface area contributed by atoms with Gasteiger partial charge in [0.15, 0.2) is 6.04 Å². The first kappa shape index (κ1) is 17.2. The summed E-state index contributed by atoms with van der Waals surface area (Å²) >= 11 is 0. The van der Waals surface area contributed by atoms with E-state index in [2.05, 4.69) is 5.32 Å². The van der Waals surface area contributed by atoms with Crippen molar-refractivity contribution in [2.45, 2.75) is 19.9 Å². The summed E-state index contributed by atoms with van der Waals surface area (Å²) in [5.41, 5.74) is 0.577. The van der Waals surface area contributed by atoms with E-state index in [1.54, 1.807) is 11.8 Å². The first-order valence-electron chi connectivity index (χ1n) is 7.84. The Morgan fingerprint density at radius 3 is 2.48 bits per heavy atom. The minimum Gasteiger partial charge on any atom is -0.450 e. The number of hydrogen-bond acceptors (Lipinski definition) is 3. The van der Waals surface area contributed by atoms with E-state index in [0.717, 1.165) is 4.90 Å². The molecule has 1 aromatic carbocycles. The largest absolute Gasteiger partial charge is 0.450 e. The zero-order valence-corrected chi connectivity index (χ0v) is 13.5. The van der Waals surface area contributed by atoms with Crippen LogP contribution in [0.5, 0.6) is 0 Å². The van der Waals surface area contributed by atoms with Gasteiger partial charge in [-0.15, -0.1) is 0 Å². The Morgan fingerprint density at radius 2 is 1.91 bits per heavy atom. The maximum atomic E-state index is 12.9. The van der Waals surface area contributed by atoms with Crippen LogP contribution in [0.25, 0.3) is 0 Å². The molecule has 0 saturated carbocycles. The fraction of sp³-hybridized carbons (Fsp3) is 0.500. The van der Waals surface area contributed by atoms with Gasteiger partial charge in [0.25, 0.3) is 5.91 Å². The molecule has 6 nitrogen and oxygen atoms in total.